The maximum absolute atomic E-state index is 10.8. The van der Waals surface area contributed by atoms with Gasteiger partial charge in [-0.05, 0) is 6.92 Å². The standard InChI is InChI=1S/C8H13NO3/c1-4-12-7(10)5-9-8(11)6(2)3/h5-6H,4H2,1-3H3. The molecule has 12 heavy (non-hydrogen) atoms. The Bertz CT molecular complexity index is 196. The fraction of sp³-hybridized carbons (Fsp3) is 0.625. The third kappa shape index (κ3) is 4.60. The van der Waals surface area contributed by atoms with Crippen molar-refractivity contribution in [2.45, 2.75) is 20.8 Å². The van der Waals surface area contributed by atoms with Crippen molar-refractivity contribution in [2.75, 3.05) is 6.61 Å². The molecule has 0 N–H and O–H groups in total. The molecule has 0 unspecified atom stereocenters. The average molecular weight is 171 g/mol. The Labute approximate surface area is 71.6 Å². The van der Waals surface area contributed by atoms with Crippen LogP contribution in [0.1, 0.15) is 20.8 Å². The van der Waals surface area contributed by atoms with Crippen molar-refractivity contribution in [3.8, 4) is 0 Å². The van der Waals surface area contributed by atoms with Crippen LogP contribution < -0.4 is 0 Å². The third-order valence-electron chi connectivity index (χ3n) is 1.08. The molecular formula is C8H13NO3. The van der Waals surface area contributed by atoms with Gasteiger partial charge >= 0.3 is 5.97 Å². The molecular weight excluding hydrogens is 158 g/mol. The first-order valence-corrected chi connectivity index (χ1v) is 3.82. The normalized spacial score (nSPS) is 10.7. The van der Waals surface area contributed by atoms with E-state index in [1.54, 1.807) is 20.8 Å². The fourth-order valence-corrected chi connectivity index (χ4v) is 0.445. The molecule has 0 aromatic heterocycles. The monoisotopic (exact) mass is 171 g/mol. The van der Waals surface area contributed by atoms with E-state index in [-0.39, 0.29) is 11.8 Å². The van der Waals surface area contributed by atoms with Crippen LogP contribution >= 0.6 is 0 Å². The summed E-state index contributed by atoms with van der Waals surface area (Å²) < 4.78 is 4.53. The van der Waals surface area contributed by atoms with Crippen LogP contribution in [-0.2, 0) is 14.3 Å². The molecule has 0 radical (unpaired) electrons. The smallest absolute Gasteiger partial charge is 0.349 e. The Hall–Kier alpha value is -1.19. The summed E-state index contributed by atoms with van der Waals surface area (Å²) >= 11 is 0. The van der Waals surface area contributed by atoms with E-state index in [1.165, 1.54) is 0 Å². The van der Waals surface area contributed by atoms with Gasteiger partial charge in [0.15, 0.2) is 0 Å². The predicted octanol–water partition coefficient (Wildman–Crippen LogP) is 0.803. The van der Waals surface area contributed by atoms with Gasteiger partial charge in [0, 0.05) is 5.92 Å². The number of carbonyl (C=O) groups excluding carboxylic acids is 2. The van der Waals surface area contributed by atoms with Crippen LogP contribution in [-0.4, -0.2) is 24.7 Å². The summed E-state index contributed by atoms with van der Waals surface area (Å²) in [5.74, 6) is -1.08. The highest BCUT2D eigenvalue weighted by Gasteiger charge is 2.04. The lowest BCUT2D eigenvalue weighted by atomic mass is 10.2. The Morgan fingerprint density at radius 2 is 2.08 bits per heavy atom. The Morgan fingerprint density at radius 3 is 2.50 bits per heavy atom. The van der Waals surface area contributed by atoms with E-state index >= 15 is 0 Å². The molecule has 0 saturated carbocycles. The first kappa shape index (κ1) is 10.8. The van der Waals surface area contributed by atoms with E-state index < -0.39 is 5.97 Å². The summed E-state index contributed by atoms with van der Waals surface area (Å²) in [5, 5.41) is 0. The third-order valence-corrected chi connectivity index (χ3v) is 1.08. The SMILES string of the molecule is CCOC(=O)C=NC(=O)C(C)C. The molecule has 0 aromatic carbocycles. The van der Waals surface area contributed by atoms with E-state index in [2.05, 4.69) is 9.73 Å². The van der Waals surface area contributed by atoms with Crippen LogP contribution in [0.3, 0.4) is 0 Å². The first-order valence-electron chi connectivity index (χ1n) is 3.82. The molecule has 4 nitrogen and oxygen atoms in total. The number of ether oxygens (including phenoxy) is 1. The van der Waals surface area contributed by atoms with Crippen molar-refractivity contribution in [3.63, 3.8) is 0 Å². The Morgan fingerprint density at radius 1 is 1.50 bits per heavy atom. The summed E-state index contributed by atoms with van der Waals surface area (Å²) in [4.78, 5) is 24.9. The van der Waals surface area contributed by atoms with Crippen molar-refractivity contribution >= 4 is 18.1 Å². The van der Waals surface area contributed by atoms with E-state index in [9.17, 15) is 9.59 Å². The molecule has 0 bridgehead atoms. The molecule has 0 rings (SSSR count). The minimum atomic E-state index is -0.577. The number of hydrogen-bond acceptors (Lipinski definition) is 3. The lowest BCUT2D eigenvalue weighted by Crippen LogP contribution is -2.09. The lowest BCUT2D eigenvalue weighted by molar-refractivity contribution is -0.134. The molecule has 4 heteroatoms. The molecule has 0 fully saturated rings. The van der Waals surface area contributed by atoms with Crippen molar-refractivity contribution < 1.29 is 14.3 Å². The number of amides is 1. The van der Waals surface area contributed by atoms with E-state index in [1.807, 2.05) is 0 Å². The largest absolute Gasteiger partial charge is 0.462 e. The molecule has 0 heterocycles. The highest BCUT2D eigenvalue weighted by molar-refractivity contribution is 6.25. The molecule has 68 valence electrons. The van der Waals surface area contributed by atoms with E-state index in [4.69, 9.17) is 0 Å². The molecule has 0 spiro atoms. The number of esters is 1. The van der Waals surface area contributed by atoms with E-state index in [0.29, 0.717) is 6.61 Å². The van der Waals surface area contributed by atoms with Gasteiger partial charge in [-0.25, -0.2) is 9.79 Å². The maximum atomic E-state index is 10.8. The van der Waals surface area contributed by atoms with Crippen LogP contribution in [0.25, 0.3) is 0 Å². The van der Waals surface area contributed by atoms with Crippen molar-refractivity contribution in [3.05, 3.63) is 0 Å². The molecule has 0 aliphatic heterocycles. The maximum Gasteiger partial charge on any atom is 0.349 e. The number of aliphatic imine (C=N–C) groups is 1. The molecule has 0 atom stereocenters. The second-order valence-corrected chi connectivity index (χ2v) is 2.50. The number of carbonyl (C=O) groups is 2. The summed E-state index contributed by atoms with van der Waals surface area (Å²) in [6, 6.07) is 0. The van der Waals surface area contributed by atoms with Crippen molar-refractivity contribution in [1.82, 2.24) is 0 Å². The van der Waals surface area contributed by atoms with Gasteiger partial charge in [0.1, 0.15) is 6.21 Å². The zero-order valence-electron chi connectivity index (χ0n) is 7.53. The Kier molecular flexibility index (Phi) is 4.92. The second-order valence-electron chi connectivity index (χ2n) is 2.50. The highest BCUT2D eigenvalue weighted by Crippen LogP contribution is 1.93. The first-order chi connectivity index (χ1) is 5.57. The predicted molar refractivity (Wildman–Crippen MR) is 45.0 cm³/mol. The van der Waals surface area contributed by atoms with Crippen molar-refractivity contribution in [1.29, 1.82) is 0 Å². The number of hydrogen-bond donors (Lipinski definition) is 0. The van der Waals surface area contributed by atoms with Gasteiger partial charge < -0.3 is 4.74 Å². The van der Waals surface area contributed by atoms with Gasteiger partial charge in [-0.15, -0.1) is 0 Å². The lowest BCUT2D eigenvalue weighted by Gasteiger charge is -1.96. The average Bonchev–Trinajstić information content (AvgIpc) is 2.00. The van der Waals surface area contributed by atoms with Crippen LogP contribution in [0, 0.1) is 5.92 Å². The number of rotatable bonds is 3. The van der Waals surface area contributed by atoms with Gasteiger partial charge in [0.2, 0.25) is 5.91 Å². The zero-order chi connectivity index (χ0) is 9.56. The van der Waals surface area contributed by atoms with Gasteiger partial charge in [-0.3, -0.25) is 4.79 Å². The molecule has 0 saturated heterocycles. The Balaban J connectivity index is 3.90. The molecule has 0 aliphatic rings. The number of nitrogens with zero attached hydrogens (tertiary/aromatic N) is 1. The molecule has 0 aliphatic carbocycles. The summed E-state index contributed by atoms with van der Waals surface area (Å²) in [6.45, 7) is 5.41. The van der Waals surface area contributed by atoms with Crippen LogP contribution in [0.5, 0.6) is 0 Å². The van der Waals surface area contributed by atoms with E-state index in [0.717, 1.165) is 6.21 Å². The summed E-state index contributed by atoms with van der Waals surface area (Å²) in [6.07, 6.45) is 0.909. The summed E-state index contributed by atoms with van der Waals surface area (Å²) in [5.41, 5.74) is 0. The molecule has 1 amide bonds. The summed E-state index contributed by atoms with van der Waals surface area (Å²) in [7, 11) is 0. The second kappa shape index (κ2) is 5.46. The van der Waals surface area contributed by atoms with Gasteiger partial charge in [0.25, 0.3) is 0 Å². The van der Waals surface area contributed by atoms with Crippen LogP contribution in [0.2, 0.25) is 0 Å². The minimum absolute atomic E-state index is 0.185. The fourth-order valence-electron chi connectivity index (χ4n) is 0.445. The zero-order valence-corrected chi connectivity index (χ0v) is 7.53. The molecule has 0 aromatic rings. The van der Waals surface area contributed by atoms with Gasteiger partial charge in [-0.2, -0.15) is 0 Å². The van der Waals surface area contributed by atoms with Crippen molar-refractivity contribution in [2.24, 2.45) is 10.9 Å². The van der Waals surface area contributed by atoms with Crippen LogP contribution in [0.4, 0.5) is 0 Å². The van der Waals surface area contributed by atoms with Gasteiger partial charge in [0.05, 0.1) is 6.61 Å². The minimum Gasteiger partial charge on any atom is -0.462 e. The van der Waals surface area contributed by atoms with Crippen LogP contribution in [0.15, 0.2) is 4.99 Å². The highest BCUT2D eigenvalue weighted by atomic mass is 16.5. The topological polar surface area (TPSA) is 55.7 Å². The van der Waals surface area contributed by atoms with Gasteiger partial charge in [-0.1, -0.05) is 13.8 Å². The quantitative estimate of drug-likeness (QED) is 0.466.